The van der Waals surface area contributed by atoms with E-state index in [1.807, 2.05) is 0 Å². The van der Waals surface area contributed by atoms with E-state index in [0.29, 0.717) is 30.0 Å². The van der Waals surface area contributed by atoms with Gasteiger partial charge >= 0.3 is 0 Å². The normalized spacial score (nSPS) is 15.9. The van der Waals surface area contributed by atoms with Crippen molar-refractivity contribution < 1.29 is 14.0 Å². The van der Waals surface area contributed by atoms with Crippen LogP contribution in [0.25, 0.3) is 0 Å². The zero-order chi connectivity index (χ0) is 22.5. The van der Waals surface area contributed by atoms with E-state index in [9.17, 15) is 14.0 Å². The smallest absolute Gasteiger partial charge is 0.274 e. The number of aryl methyl sites for hydroxylation is 1. The summed E-state index contributed by atoms with van der Waals surface area (Å²) in [5.41, 5.74) is 1.87. The van der Waals surface area contributed by atoms with Crippen LogP contribution >= 0.6 is 0 Å². The van der Waals surface area contributed by atoms with Crippen LogP contribution in [0.3, 0.4) is 0 Å². The molecule has 0 saturated carbocycles. The molecule has 1 fully saturated rings. The third kappa shape index (κ3) is 4.77. The SMILES string of the molecule is Cc1ncc(C(=O)NCc2ccc(F)cc2)c([C@@H]2CCCCN2C(=O)c2cnccn2)n1. The molecule has 32 heavy (non-hydrogen) atoms. The Bertz CT molecular complexity index is 1110. The maximum Gasteiger partial charge on any atom is 0.274 e. The van der Waals surface area contributed by atoms with Crippen molar-refractivity contribution >= 4 is 11.8 Å². The highest BCUT2D eigenvalue weighted by Crippen LogP contribution is 2.32. The molecule has 0 radical (unpaired) electrons. The Balaban J connectivity index is 1.60. The van der Waals surface area contributed by atoms with E-state index in [1.54, 1.807) is 24.0 Å². The molecule has 3 heterocycles. The lowest BCUT2D eigenvalue weighted by atomic mass is 9.95. The van der Waals surface area contributed by atoms with Gasteiger partial charge in [0.25, 0.3) is 11.8 Å². The molecule has 164 valence electrons. The number of piperidine rings is 1. The number of rotatable bonds is 5. The molecule has 0 aliphatic carbocycles. The molecule has 2 aromatic heterocycles. The summed E-state index contributed by atoms with van der Waals surface area (Å²) in [7, 11) is 0. The van der Waals surface area contributed by atoms with E-state index < -0.39 is 0 Å². The summed E-state index contributed by atoms with van der Waals surface area (Å²) in [6.45, 7) is 2.53. The average Bonchev–Trinajstić information content (AvgIpc) is 2.83. The lowest BCUT2D eigenvalue weighted by Gasteiger charge is -2.35. The van der Waals surface area contributed by atoms with Gasteiger partial charge in [0.05, 0.1) is 23.5 Å². The zero-order valence-electron chi connectivity index (χ0n) is 17.7. The lowest BCUT2D eigenvalue weighted by Crippen LogP contribution is -2.40. The first-order valence-corrected chi connectivity index (χ1v) is 10.5. The minimum absolute atomic E-state index is 0.235. The summed E-state index contributed by atoms with van der Waals surface area (Å²) in [5.74, 6) is -0.398. The van der Waals surface area contributed by atoms with Crippen LogP contribution in [0.1, 0.15) is 63.2 Å². The molecule has 2 amide bonds. The van der Waals surface area contributed by atoms with E-state index >= 15 is 0 Å². The van der Waals surface area contributed by atoms with Gasteiger partial charge in [-0.05, 0) is 43.9 Å². The quantitative estimate of drug-likeness (QED) is 0.663. The van der Waals surface area contributed by atoms with E-state index in [4.69, 9.17) is 0 Å². The molecular formula is C23H23FN6O2. The second kappa shape index (κ2) is 9.59. The molecule has 4 rings (SSSR count). The van der Waals surface area contributed by atoms with Gasteiger partial charge in [0.1, 0.15) is 17.3 Å². The number of carbonyl (C=O) groups is 2. The summed E-state index contributed by atoms with van der Waals surface area (Å²) < 4.78 is 13.1. The fraction of sp³-hybridized carbons (Fsp3) is 0.304. The summed E-state index contributed by atoms with van der Waals surface area (Å²) in [5, 5.41) is 2.84. The zero-order valence-corrected chi connectivity index (χ0v) is 17.7. The van der Waals surface area contributed by atoms with Crippen LogP contribution in [-0.2, 0) is 6.54 Å². The van der Waals surface area contributed by atoms with Crippen molar-refractivity contribution in [3.05, 3.63) is 83.2 Å². The highest BCUT2D eigenvalue weighted by atomic mass is 19.1. The third-order valence-corrected chi connectivity index (χ3v) is 5.41. The molecule has 3 aromatic rings. The van der Waals surface area contributed by atoms with Gasteiger partial charge in [-0.3, -0.25) is 14.6 Å². The maximum absolute atomic E-state index is 13.1. The fourth-order valence-corrected chi connectivity index (χ4v) is 3.81. The summed E-state index contributed by atoms with van der Waals surface area (Å²) in [4.78, 5) is 44.8. The first-order valence-electron chi connectivity index (χ1n) is 10.5. The number of carbonyl (C=O) groups excluding carboxylic acids is 2. The number of benzene rings is 1. The molecule has 1 atom stereocenters. The first kappa shape index (κ1) is 21.5. The second-order valence-electron chi connectivity index (χ2n) is 7.63. The Morgan fingerprint density at radius 1 is 1.12 bits per heavy atom. The average molecular weight is 434 g/mol. The number of hydrogen-bond acceptors (Lipinski definition) is 6. The summed E-state index contributed by atoms with van der Waals surface area (Å²) in [6.07, 6.45) is 8.39. The van der Waals surface area contributed by atoms with Crippen LogP contribution in [0.4, 0.5) is 4.39 Å². The van der Waals surface area contributed by atoms with Crippen molar-refractivity contribution in [2.75, 3.05) is 6.54 Å². The van der Waals surface area contributed by atoms with Crippen LogP contribution in [0, 0.1) is 12.7 Å². The highest BCUT2D eigenvalue weighted by Gasteiger charge is 2.33. The molecule has 9 heteroatoms. The van der Waals surface area contributed by atoms with Crippen LogP contribution in [-0.4, -0.2) is 43.2 Å². The van der Waals surface area contributed by atoms with Gasteiger partial charge in [-0.25, -0.2) is 19.3 Å². The van der Waals surface area contributed by atoms with Crippen molar-refractivity contribution in [1.29, 1.82) is 0 Å². The Labute approximate surface area is 185 Å². The lowest BCUT2D eigenvalue weighted by molar-refractivity contribution is 0.0595. The van der Waals surface area contributed by atoms with Gasteiger partial charge in [-0.1, -0.05) is 12.1 Å². The van der Waals surface area contributed by atoms with E-state index in [0.717, 1.165) is 18.4 Å². The van der Waals surface area contributed by atoms with Crippen molar-refractivity contribution in [3.63, 3.8) is 0 Å². The van der Waals surface area contributed by atoms with E-state index in [1.165, 1.54) is 36.9 Å². The number of halogens is 1. The second-order valence-corrected chi connectivity index (χ2v) is 7.63. The number of amides is 2. The molecule has 1 N–H and O–H groups in total. The standard InChI is InChI=1S/C23H23FN6O2/c1-15-27-13-18(22(31)28-12-16-5-7-17(24)8-6-16)21(29-15)20-4-2-3-11-30(20)23(32)19-14-25-9-10-26-19/h5-10,13-14,20H,2-4,11-12H2,1H3,(H,28,31)/t20-/m0/s1. The molecule has 0 unspecified atom stereocenters. The van der Waals surface area contributed by atoms with Crippen LogP contribution < -0.4 is 5.32 Å². The van der Waals surface area contributed by atoms with E-state index in [2.05, 4.69) is 25.3 Å². The van der Waals surface area contributed by atoms with Crippen molar-refractivity contribution in [2.24, 2.45) is 0 Å². The third-order valence-electron chi connectivity index (χ3n) is 5.41. The number of hydrogen-bond donors (Lipinski definition) is 1. The maximum atomic E-state index is 13.1. The minimum Gasteiger partial charge on any atom is -0.348 e. The van der Waals surface area contributed by atoms with Gasteiger partial charge < -0.3 is 10.2 Å². The number of likely N-dealkylation sites (tertiary alicyclic amines) is 1. The monoisotopic (exact) mass is 434 g/mol. The summed E-state index contributed by atoms with van der Waals surface area (Å²) >= 11 is 0. The van der Waals surface area contributed by atoms with Crippen LogP contribution in [0.15, 0.2) is 49.1 Å². The fourth-order valence-electron chi connectivity index (χ4n) is 3.81. The van der Waals surface area contributed by atoms with Crippen molar-refractivity contribution in [3.8, 4) is 0 Å². The van der Waals surface area contributed by atoms with E-state index in [-0.39, 0.29) is 35.9 Å². The van der Waals surface area contributed by atoms with Gasteiger partial charge in [-0.15, -0.1) is 0 Å². The molecule has 0 spiro atoms. The minimum atomic E-state index is -0.369. The molecule has 1 aliphatic rings. The number of nitrogens with one attached hydrogen (secondary N) is 1. The predicted octanol–water partition coefficient (Wildman–Crippen LogP) is 3.01. The topological polar surface area (TPSA) is 101 Å². The Kier molecular flexibility index (Phi) is 6.44. The van der Waals surface area contributed by atoms with Gasteiger partial charge in [0, 0.05) is 31.7 Å². The van der Waals surface area contributed by atoms with Gasteiger partial charge in [-0.2, -0.15) is 0 Å². The van der Waals surface area contributed by atoms with Gasteiger partial charge in [0.15, 0.2) is 0 Å². The van der Waals surface area contributed by atoms with Gasteiger partial charge in [0.2, 0.25) is 0 Å². The molecule has 1 saturated heterocycles. The Hall–Kier alpha value is -3.75. The van der Waals surface area contributed by atoms with Crippen LogP contribution in [0.2, 0.25) is 0 Å². The number of nitrogens with zero attached hydrogens (tertiary/aromatic N) is 5. The number of aromatic nitrogens is 4. The molecule has 1 aliphatic heterocycles. The van der Waals surface area contributed by atoms with Crippen molar-refractivity contribution in [1.82, 2.24) is 30.2 Å². The highest BCUT2D eigenvalue weighted by molar-refractivity contribution is 5.96. The molecule has 1 aromatic carbocycles. The first-order chi connectivity index (χ1) is 15.5. The Morgan fingerprint density at radius 2 is 1.94 bits per heavy atom. The molecule has 8 nitrogen and oxygen atoms in total. The largest absolute Gasteiger partial charge is 0.348 e. The predicted molar refractivity (Wildman–Crippen MR) is 114 cm³/mol. The van der Waals surface area contributed by atoms with Crippen molar-refractivity contribution in [2.45, 2.75) is 38.8 Å². The molecular weight excluding hydrogens is 411 g/mol. The Morgan fingerprint density at radius 3 is 2.69 bits per heavy atom. The molecule has 0 bridgehead atoms. The summed E-state index contributed by atoms with van der Waals surface area (Å²) in [6, 6.07) is 5.56. The van der Waals surface area contributed by atoms with Crippen LogP contribution in [0.5, 0.6) is 0 Å².